The third-order valence-electron chi connectivity index (χ3n) is 3.44. The summed E-state index contributed by atoms with van der Waals surface area (Å²) in [7, 11) is 0. The fourth-order valence-corrected chi connectivity index (χ4v) is 2.06. The van der Waals surface area contributed by atoms with Crippen molar-refractivity contribution in [3.05, 3.63) is 29.8 Å². The van der Waals surface area contributed by atoms with Crippen molar-refractivity contribution in [3.63, 3.8) is 0 Å². The Morgan fingerprint density at radius 2 is 1.60 bits per heavy atom. The monoisotopic (exact) mass is 287 g/mol. The first kappa shape index (κ1) is 16.9. The van der Waals surface area contributed by atoms with E-state index in [0.717, 1.165) is 30.8 Å². The average Bonchev–Trinajstić information content (AvgIpc) is 2.36. The fraction of sp³-hybridized carbons (Fsp3) is 0.625. The lowest BCUT2D eigenvalue weighted by Crippen LogP contribution is -2.23. The maximum atomic E-state index is 12.4. The van der Waals surface area contributed by atoms with E-state index in [1.54, 1.807) is 0 Å². The Bertz CT molecular complexity index is 393. The highest BCUT2D eigenvalue weighted by Gasteiger charge is 2.30. The second kappa shape index (κ2) is 7.00. The van der Waals surface area contributed by atoms with Gasteiger partial charge in [0.2, 0.25) is 0 Å². The van der Waals surface area contributed by atoms with Gasteiger partial charge >= 0.3 is 6.18 Å². The van der Waals surface area contributed by atoms with Crippen molar-refractivity contribution in [2.45, 2.75) is 52.6 Å². The zero-order valence-electron chi connectivity index (χ0n) is 12.5. The van der Waals surface area contributed by atoms with Crippen LogP contribution in [-0.4, -0.2) is 6.54 Å². The van der Waals surface area contributed by atoms with Gasteiger partial charge in [0, 0.05) is 12.2 Å². The maximum Gasteiger partial charge on any atom is 0.416 e. The molecule has 0 aliphatic rings. The topological polar surface area (TPSA) is 12.0 Å². The van der Waals surface area contributed by atoms with Crippen LogP contribution in [0.3, 0.4) is 0 Å². The standard InChI is InChI=1S/C16H24F3N/c1-4-5-6-11-15(2,3)12-20-14-9-7-13(8-10-14)16(17,18)19/h7-10,20H,4-6,11-12H2,1-3H3. The molecule has 1 aromatic carbocycles. The van der Waals surface area contributed by atoms with Crippen molar-refractivity contribution >= 4 is 5.69 Å². The van der Waals surface area contributed by atoms with Crippen molar-refractivity contribution in [1.29, 1.82) is 0 Å². The zero-order valence-corrected chi connectivity index (χ0v) is 12.5. The Balaban J connectivity index is 2.49. The summed E-state index contributed by atoms with van der Waals surface area (Å²) in [5.41, 5.74) is 0.282. The SMILES string of the molecule is CCCCCC(C)(C)CNc1ccc(C(F)(F)F)cc1. The van der Waals surface area contributed by atoms with E-state index in [4.69, 9.17) is 0 Å². The van der Waals surface area contributed by atoms with Gasteiger partial charge in [-0.2, -0.15) is 13.2 Å². The molecule has 0 aliphatic carbocycles. The molecular formula is C16H24F3N. The van der Waals surface area contributed by atoms with E-state index in [-0.39, 0.29) is 5.41 Å². The van der Waals surface area contributed by atoms with Crippen LogP contribution in [0, 0.1) is 5.41 Å². The molecule has 0 spiro atoms. The summed E-state index contributed by atoms with van der Waals surface area (Å²) >= 11 is 0. The van der Waals surface area contributed by atoms with E-state index in [2.05, 4.69) is 26.1 Å². The van der Waals surface area contributed by atoms with E-state index in [1.165, 1.54) is 31.4 Å². The van der Waals surface area contributed by atoms with Crippen molar-refractivity contribution in [2.75, 3.05) is 11.9 Å². The van der Waals surface area contributed by atoms with Crippen LogP contribution >= 0.6 is 0 Å². The predicted octanol–water partition coefficient (Wildman–Crippen LogP) is 5.72. The van der Waals surface area contributed by atoms with Gasteiger partial charge in [-0.3, -0.25) is 0 Å². The Kier molecular flexibility index (Phi) is 5.90. The summed E-state index contributed by atoms with van der Waals surface area (Å²) in [6.07, 6.45) is 0.469. The normalized spacial score (nSPS) is 12.5. The molecule has 0 fully saturated rings. The van der Waals surface area contributed by atoms with Crippen LogP contribution in [0.2, 0.25) is 0 Å². The summed E-state index contributed by atoms with van der Waals surface area (Å²) in [5.74, 6) is 0. The van der Waals surface area contributed by atoms with Gasteiger partial charge in [-0.1, -0.05) is 40.0 Å². The van der Waals surface area contributed by atoms with E-state index >= 15 is 0 Å². The summed E-state index contributed by atoms with van der Waals surface area (Å²) in [4.78, 5) is 0. The lowest BCUT2D eigenvalue weighted by molar-refractivity contribution is -0.137. The molecule has 0 saturated carbocycles. The first-order chi connectivity index (χ1) is 9.24. The summed E-state index contributed by atoms with van der Waals surface area (Å²) in [6.45, 7) is 7.30. The van der Waals surface area contributed by atoms with Crippen molar-refractivity contribution < 1.29 is 13.2 Å². The highest BCUT2D eigenvalue weighted by molar-refractivity contribution is 5.45. The lowest BCUT2D eigenvalue weighted by Gasteiger charge is -2.25. The lowest BCUT2D eigenvalue weighted by atomic mass is 9.87. The third kappa shape index (κ3) is 5.85. The van der Waals surface area contributed by atoms with Crippen LogP contribution in [0.1, 0.15) is 52.0 Å². The first-order valence-corrected chi connectivity index (χ1v) is 7.16. The largest absolute Gasteiger partial charge is 0.416 e. The number of nitrogens with one attached hydrogen (secondary N) is 1. The van der Waals surface area contributed by atoms with Gasteiger partial charge in [-0.05, 0) is 36.1 Å². The molecule has 0 saturated heterocycles. The van der Waals surface area contributed by atoms with Crippen molar-refractivity contribution in [1.82, 2.24) is 0 Å². The number of anilines is 1. The third-order valence-corrected chi connectivity index (χ3v) is 3.44. The molecule has 0 heterocycles. The maximum absolute atomic E-state index is 12.4. The molecule has 0 bridgehead atoms. The molecule has 114 valence electrons. The van der Waals surface area contributed by atoms with Gasteiger partial charge < -0.3 is 5.32 Å². The van der Waals surface area contributed by atoms with Crippen molar-refractivity contribution in [3.8, 4) is 0 Å². The predicted molar refractivity (Wildman–Crippen MR) is 77.9 cm³/mol. The molecule has 1 N–H and O–H groups in total. The molecule has 0 aromatic heterocycles. The van der Waals surface area contributed by atoms with Gasteiger partial charge in [0.1, 0.15) is 0 Å². The molecule has 1 nitrogen and oxygen atoms in total. The number of halogens is 3. The minimum absolute atomic E-state index is 0.151. The highest BCUT2D eigenvalue weighted by Crippen LogP contribution is 2.30. The number of unbranched alkanes of at least 4 members (excludes halogenated alkanes) is 2. The molecule has 0 amide bonds. The smallest absolute Gasteiger partial charge is 0.385 e. The molecule has 0 radical (unpaired) electrons. The molecule has 0 atom stereocenters. The van der Waals surface area contributed by atoms with Crippen LogP contribution in [0.25, 0.3) is 0 Å². The number of alkyl halides is 3. The molecule has 1 rings (SSSR count). The minimum atomic E-state index is -4.27. The molecule has 1 aromatic rings. The van der Waals surface area contributed by atoms with Gasteiger partial charge in [-0.15, -0.1) is 0 Å². The Morgan fingerprint density at radius 1 is 1.00 bits per heavy atom. The molecular weight excluding hydrogens is 263 g/mol. The molecule has 0 aliphatic heterocycles. The zero-order chi connectivity index (χ0) is 15.2. The Morgan fingerprint density at radius 3 is 2.10 bits per heavy atom. The summed E-state index contributed by atoms with van der Waals surface area (Å²) in [5, 5.41) is 3.22. The number of benzene rings is 1. The van der Waals surface area contributed by atoms with E-state index in [9.17, 15) is 13.2 Å². The van der Waals surface area contributed by atoms with Crippen LogP contribution in [0.4, 0.5) is 18.9 Å². The summed E-state index contributed by atoms with van der Waals surface area (Å²) in [6, 6.07) is 5.22. The van der Waals surface area contributed by atoms with Gasteiger partial charge in [0.25, 0.3) is 0 Å². The fourth-order valence-electron chi connectivity index (χ4n) is 2.06. The summed E-state index contributed by atoms with van der Waals surface area (Å²) < 4.78 is 37.3. The quantitative estimate of drug-likeness (QED) is 0.632. The van der Waals surface area contributed by atoms with Crippen LogP contribution in [0.15, 0.2) is 24.3 Å². The number of hydrogen-bond acceptors (Lipinski definition) is 1. The van der Waals surface area contributed by atoms with Crippen LogP contribution in [-0.2, 0) is 6.18 Å². The van der Waals surface area contributed by atoms with Crippen LogP contribution < -0.4 is 5.32 Å². The number of hydrogen-bond donors (Lipinski definition) is 1. The minimum Gasteiger partial charge on any atom is -0.385 e. The van der Waals surface area contributed by atoms with Crippen molar-refractivity contribution in [2.24, 2.45) is 5.41 Å². The first-order valence-electron chi connectivity index (χ1n) is 7.16. The Labute approximate surface area is 119 Å². The second-order valence-corrected chi connectivity index (χ2v) is 6.05. The second-order valence-electron chi connectivity index (χ2n) is 6.05. The molecule has 0 unspecified atom stereocenters. The molecule has 20 heavy (non-hydrogen) atoms. The van der Waals surface area contributed by atoms with E-state index in [0.29, 0.717) is 0 Å². The molecule has 4 heteroatoms. The highest BCUT2D eigenvalue weighted by atomic mass is 19.4. The average molecular weight is 287 g/mol. The van der Waals surface area contributed by atoms with Crippen LogP contribution in [0.5, 0.6) is 0 Å². The van der Waals surface area contributed by atoms with E-state index in [1.807, 2.05) is 0 Å². The number of rotatable bonds is 7. The Hall–Kier alpha value is -1.19. The van der Waals surface area contributed by atoms with E-state index < -0.39 is 11.7 Å². The van der Waals surface area contributed by atoms with Gasteiger partial charge in [0.05, 0.1) is 5.56 Å². The van der Waals surface area contributed by atoms with Gasteiger partial charge in [0.15, 0.2) is 0 Å². The van der Waals surface area contributed by atoms with Gasteiger partial charge in [-0.25, -0.2) is 0 Å².